The fraction of sp³-hybridized carbons (Fsp3) is 0.889. The Kier molecular flexibility index (Phi) is 2.15. The molecule has 12 heavy (non-hydrogen) atoms. The summed E-state index contributed by atoms with van der Waals surface area (Å²) in [4.78, 5) is 11.6. The number of hydrogen-bond acceptors (Lipinski definition) is 2. The van der Waals surface area contributed by atoms with Crippen LogP contribution in [0.4, 0.5) is 0 Å². The highest BCUT2D eigenvalue weighted by Crippen LogP contribution is 2.41. The van der Waals surface area contributed by atoms with E-state index < -0.39 is 0 Å². The van der Waals surface area contributed by atoms with Crippen LogP contribution >= 0.6 is 15.9 Å². The number of halogens is 1. The first-order valence-electron chi connectivity index (χ1n) is 4.54. The number of carbonyl (C=O) groups excluding carboxylic acids is 1. The minimum atomic E-state index is -0.00338. The molecule has 0 amide bonds. The Labute approximate surface area is 80.8 Å². The lowest BCUT2D eigenvalue weighted by atomic mass is 9.81. The molecule has 0 N–H and O–H groups in total. The maximum atomic E-state index is 11.2. The van der Waals surface area contributed by atoms with Crippen LogP contribution in [0.1, 0.15) is 26.2 Å². The van der Waals surface area contributed by atoms with E-state index >= 15 is 0 Å². The van der Waals surface area contributed by atoms with Crippen molar-refractivity contribution in [2.45, 2.75) is 37.1 Å². The van der Waals surface area contributed by atoms with Crippen LogP contribution in [0.15, 0.2) is 0 Å². The molecule has 1 saturated heterocycles. The molecule has 0 bridgehead atoms. The highest BCUT2D eigenvalue weighted by Gasteiger charge is 2.46. The Balaban J connectivity index is 2.16. The van der Waals surface area contributed by atoms with Crippen molar-refractivity contribution >= 4 is 21.9 Å². The summed E-state index contributed by atoms with van der Waals surface area (Å²) < 4.78 is 5.30. The molecule has 0 aromatic heterocycles. The van der Waals surface area contributed by atoms with Gasteiger partial charge in [-0.2, -0.15) is 0 Å². The number of carbonyl (C=O) groups is 1. The van der Waals surface area contributed by atoms with Gasteiger partial charge in [-0.1, -0.05) is 29.3 Å². The van der Waals surface area contributed by atoms with Gasteiger partial charge < -0.3 is 4.74 Å². The highest BCUT2D eigenvalue weighted by molar-refractivity contribution is 9.09. The number of fused-ring (bicyclic) bond motifs is 1. The maximum absolute atomic E-state index is 11.2. The van der Waals surface area contributed by atoms with E-state index in [-0.39, 0.29) is 18.0 Å². The molecule has 68 valence electrons. The van der Waals surface area contributed by atoms with Gasteiger partial charge in [0.2, 0.25) is 0 Å². The Morgan fingerprint density at radius 2 is 2.25 bits per heavy atom. The minimum Gasteiger partial charge on any atom is -0.461 e. The average molecular weight is 233 g/mol. The van der Waals surface area contributed by atoms with Gasteiger partial charge in [0.1, 0.15) is 6.10 Å². The van der Waals surface area contributed by atoms with Crippen LogP contribution < -0.4 is 0 Å². The third-order valence-electron chi connectivity index (χ3n) is 3.06. The van der Waals surface area contributed by atoms with Gasteiger partial charge in [-0.25, -0.2) is 0 Å². The van der Waals surface area contributed by atoms with Crippen molar-refractivity contribution in [3.8, 4) is 0 Å². The highest BCUT2D eigenvalue weighted by atomic mass is 79.9. The molecule has 1 aliphatic carbocycles. The van der Waals surface area contributed by atoms with Gasteiger partial charge in [-0.3, -0.25) is 4.79 Å². The summed E-state index contributed by atoms with van der Waals surface area (Å²) in [6, 6.07) is 0. The normalized spacial score (nSPS) is 47.0. The zero-order valence-corrected chi connectivity index (χ0v) is 8.71. The summed E-state index contributed by atoms with van der Waals surface area (Å²) in [6.07, 6.45) is 3.67. The van der Waals surface area contributed by atoms with Crippen LogP contribution in [0.3, 0.4) is 0 Å². The summed E-state index contributed by atoms with van der Waals surface area (Å²) in [7, 11) is 0. The van der Waals surface area contributed by atoms with E-state index in [2.05, 4.69) is 15.9 Å². The van der Waals surface area contributed by atoms with Crippen LogP contribution in [0.5, 0.6) is 0 Å². The summed E-state index contributed by atoms with van der Waals surface area (Å²) in [5.41, 5.74) is 0. The molecule has 0 aromatic carbocycles. The summed E-state index contributed by atoms with van der Waals surface area (Å²) in [5, 5.41) is 0. The largest absolute Gasteiger partial charge is 0.461 e. The minimum absolute atomic E-state index is 0.00338. The molecule has 3 heteroatoms. The molecule has 1 heterocycles. The van der Waals surface area contributed by atoms with Gasteiger partial charge in [-0.15, -0.1) is 0 Å². The van der Waals surface area contributed by atoms with E-state index in [4.69, 9.17) is 4.74 Å². The van der Waals surface area contributed by atoms with E-state index in [9.17, 15) is 4.79 Å². The number of alkyl halides is 1. The second-order valence-electron chi connectivity index (χ2n) is 3.80. The van der Waals surface area contributed by atoms with Crippen molar-refractivity contribution in [1.82, 2.24) is 0 Å². The third kappa shape index (κ3) is 1.18. The number of rotatable bonds is 0. The fourth-order valence-electron chi connectivity index (χ4n) is 2.26. The van der Waals surface area contributed by atoms with Crippen molar-refractivity contribution in [1.29, 1.82) is 0 Å². The molecule has 0 radical (unpaired) electrons. The molecule has 2 aliphatic rings. The molecule has 0 spiro atoms. The van der Waals surface area contributed by atoms with Crippen molar-refractivity contribution in [3.63, 3.8) is 0 Å². The first kappa shape index (κ1) is 8.54. The number of hydrogen-bond donors (Lipinski definition) is 0. The zero-order chi connectivity index (χ0) is 8.72. The molecular weight excluding hydrogens is 220 g/mol. The lowest BCUT2D eigenvalue weighted by molar-refractivity contribution is -0.144. The topological polar surface area (TPSA) is 26.3 Å². The molecule has 4 atom stereocenters. The van der Waals surface area contributed by atoms with Crippen LogP contribution in [0.25, 0.3) is 0 Å². The maximum Gasteiger partial charge on any atom is 0.309 e. The lowest BCUT2D eigenvalue weighted by Gasteiger charge is -2.28. The van der Waals surface area contributed by atoms with Gasteiger partial charge in [0.25, 0.3) is 0 Å². The molecule has 1 aliphatic heterocycles. The molecule has 2 fully saturated rings. The predicted molar refractivity (Wildman–Crippen MR) is 49.1 cm³/mol. The van der Waals surface area contributed by atoms with Crippen molar-refractivity contribution in [2.75, 3.05) is 0 Å². The fourth-order valence-corrected chi connectivity index (χ4v) is 3.08. The quantitative estimate of drug-likeness (QED) is 0.473. The van der Waals surface area contributed by atoms with Crippen molar-refractivity contribution in [2.24, 2.45) is 11.8 Å². The van der Waals surface area contributed by atoms with E-state index in [1.807, 2.05) is 6.92 Å². The second-order valence-corrected chi connectivity index (χ2v) is 4.98. The summed E-state index contributed by atoms with van der Waals surface area (Å²) in [5.74, 6) is 0.585. The standard InChI is InChI=1S/C9H13BrO2/c1-5-6-3-2-4-7(10)8(6)12-9(5)11/h5-8H,2-4H2,1H3/t5-,6+,7-,8-/m0/s1. The Hall–Kier alpha value is -0.0500. The Morgan fingerprint density at radius 1 is 1.50 bits per heavy atom. The molecule has 2 nitrogen and oxygen atoms in total. The molecule has 1 saturated carbocycles. The summed E-state index contributed by atoms with van der Waals surface area (Å²) in [6.45, 7) is 1.98. The van der Waals surface area contributed by atoms with Gasteiger partial charge in [0.15, 0.2) is 0 Å². The van der Waals surface area contributed by atoms with E-state index in [0.717, 1.165) is 12.8 Å². The summed E-state index contributed by atoms with van der Waals surface area (Å²) >= 11 is 3.57. The monoisotopic (exact) mass is 232 g/mol. The molecule has 0 aromatic rings. The first-order chi connectivity index (χ1) is 5.70. The number of ether oxygens (including phenoxy) is 1. The molecule has 2 rings (SSSR count). The van der Waals surface area contributed by atoms with Crippen LogP contribution in [0.2, 0.25) is 0 Å². The van der Waals surface area contributed by atoms with Crippen LogP contribution in [-0.4, -0.2) is 16.9 Å². The van der Waals surface area contributed by atoms with Crippen LogP contribution in [-0.2, 0) is 9.53 Å². The van der Waals surface area contributed by atoms with Gasteiger partial charge in [-0.05, 0) is 12.8 Å². The third-order valence-corrected chi connectivity index (χ3v) is 4.04. The predicted octanol–water partition coefficient (Wildman–Crippen LogP) is 2.11. The van der Waals surface area contributed by atoms with Gasteiger partial charge >= 0.3 is 5.97 Å². The van der Waals surface area contributed by atoms with Crippen molar-refractivity contribution < 1.29 is 9.53 Å². The Bertz CT molecular complexity index is 205. The smallest absolute Gasteiger partial charge is 0.309 e. The lowest BCUT2D eigenvalue weighted by Crippen LogP contribution is -2.32. The Morgan fingerprint density at radius 3 is 2.92 bits per heavy atom. The number of esters is 1. The first-order valence-corrected chi connectivity index (χ1v) is 5.46. The SMILES string of the molecule is C[C@@H]1C(=O)O[C@H]2[C@@H]1CCC[C@@H]2Br. The molecular formula is C9H13BrO2. The second kappa shape index (κ2) is 3.02. The van der Waals surface area contributed by atoms with E-state index in [1.165, 1.54) is 6.42 Å². The van der Waals surface area contributed by atoms with Gasteiger partial charge in [0.05, 0.1) is 10.7 Å². The van der Waals surface area contributed by atoms with E-state index in [1.54, 1.807) is 0 Å². The average Bonchev–Trinajstić information content (AvgIpc) is 2.32. The van der Waals surface area contributed by atoms with Crippen LogP contribution in [0, 0.1) is 11.8 Å². The van der Waals surface area contributed by atoms with E-state index in [0.29, 0.717) is 10.7 Å². The zero-order valence-electron chi connectivity index (χ0n) is 7.13. The van der Waals surface area contributed by atoms with Crippen molar-refractivity contribution in [3.05, 3.63) is 0 Å². The molecule has 0 unspecified atom stereocenters. The van der Waals surface area contributed by atoms with Gasteiger partial charge in [0, 0.05) is 5.92 Å².